The summed E-state index contributed by atoms with van der Waals surface area (Å²) in [7, 11) is 1.59. The van der Waals surface area contributed by atoms with Gasteiger partial charge in [0.25, 0.3) is 0 Å². The van der Waals surface area contributed by atoms with Crippen LogP contribution >= 0.6 is 15.9 Å². The molecule has 0 radical (unpaired) electrons. The number of benzene rings is 2. The molecular formula is C24H20BrNO4. The molecule has 2 aromatic carbocycles. The first-order valence-electron chi connectivity index (χ1n) is 9.94. The molecule has 3 aromatic rings. The Balaban J connectivity index is 1.68. The van der Waals surface area contributed by atoms with Crippen LogP contribution in [-0.4, -0.2) is 29.4 Å². The van der Waals surface area contributed by atoms with E-state index in [0.717, 1.165) is 15.6 Å². The third-order valence-corrected chi connectivity index (χ3v) is 7.45. The van der Waals surface area contributed by atoms with Crippen molar-refractivity contribution in [3.8, 4) is 11.5 Å². The summed E-state index contributed by atoms with van der Waals surface area (Å²) in [6.07, 6.45) is 3.94. The predicted octanol–water partition coefficient (Wildman–Crippen LogP) is 4.28. The van der Waals surface area contributed by atoms with E-state index in [2.05, 4.69) is 33.0 Å². The van der Waals surface area contributed by atoms with Crippen LogP contribution in [0, 0.1) is 0 Å². The topological polar surface area (TPSA) is 64.1 Å². The Morgan fingerprint density at radius 1 is 1.10 bits per heavy atom. The molecule has 6 heteroatoms. The Morgan fingerprint density at radius 2 is 1.83 bits per heavy atom. The molecule has 0 bridgehead atoms. The predicted molar refractivity (Wildman–Crippen MR) is 114 cm³/mol. The molecule has 152 valence electrons. The molecule has 1 aliphatic carbocycles. The third-order valence-electron chi connectivity index (χ3n) is 6.92. The Bertz CT molecular complexity index is 1130. The molecule has 4 unspecified atom stereocenters. The maximum Gasteiger partial charge on any atom is 0.177 e. The van der Waals surface area contributed by atoms with Gasteiger partial charge in [0.2, 0.25) is 0 Å². The number of fused-ring (bicyclic) bond motifs is 4. The van der Waals surface area contributed by atoms with Crippen molar-refractivity contribution in [1.82, 2.24) is 4.98 Å². The average Bonchev–Trinajstić information content (AvgIpc) is 3.47. The van der Waals surface area contributed by atoms with Gasteiger partial charge in [-0.15, -0.1) is 0 Å². The number of hydrogen-bond acceptors (Lipinski definition) is 5. The van der Waals surface area contributed by atoms with Gasteiger partial charge < -0.3 is 19.3 Å². The molecular weight excluding hydrogens is 446 g/mol. The number of rotatable bonds is 3. The normalized spacial score (nSPS) is 33.1. The zero-order valence-electron chi connectivity index (χ0n) is 16.3. The summed E-state index contributed by atoms with van der Waals surface area (Å²) < 4.78 is 19.4. The van der Waals surface area contributed by atoms with Gasteiger partial charge in [-0.25, -0.2) is 0 Å². The zero-order valence-corrected chi connectivity index (χ0v) is 17.9. The number of ether oxygens (including phenoxy) is 3. The van der Waals surface area contributed by atoms with E-state index in [1.807, 2.05) is 42.5 Å². The maximum absolute atomic E-state index is 12.6. The monoisotopic (exact) mass is 465 g/mol. The van der Waals surface area contributed by atoms with Gasteiger partial charge in [-0.1, -0.05) is 58.4 Å². The Hall–Kier alpha value is -2.41. The second-order valence-electron chi connectivity index (χ2n) is 8.22. The van der Waals surface area contributed by atoms with Crippen LogP contribution in [-0.2, 0) is 15.9 Å². The van der Waals surface area contributed by atoms with Crippen molar-refractivity contribution in [3.05, 3.63) is 88.2 Å². The van der Waals surface area contributed by atoms with Crippen molar-refractivity contribution in [2.75, 3.05) is 13.7 Å². The number of epoxide rings is 1. The van der Waals surface area contributed by atoms with Gasteiger partial charge >= 0.3 is 0 Å². The van der Waals surface area contributed by atoms with E-state index in [4.69, 9.17) is 14.2 Å². The third kappa shape index (κ3) is 2.06. The molecule has 4 atom stereocenters. The number of hydrogen-bond donors (Lipinski definition) is 1. The van der Waals surface area contributed by atoms with Gasteiger partial charge in [-0.05, 0) is 29.7 Å². The average molecular weight is 466 g/mol. The van der Waals surface area contributed by atoms with Crippen molar-refractivity contribution in [1.29, 1.82) is 0 Å². The van der Waals surface area contributed by atoms with Gasteiger partial charge in [-0.3, -0.25) is 4.98 Å². The van der Waals surface area contributed by atoms with Gasteiger partial charge in [-0.2, -0.15) is 0 Å². The van der Waals surface area contributed by atoms with Crippen LogP contribution in [0.2, 0.25) is 0 Å². The van der Waals surface area contributed by atoms with E-state index in [0.29, 0.717) is 30.1 Å². The smallest absolute Gasteiger partial charge is 0.177 e. The molecule has 2 fully saturated rings. The summed E-state index contributed by atoms with van der Waals surface area (Å²) in [5.74, 6) is 0.928. The number of pyridine rings is 1. The summed E-state index contributed by atoms with van der Waals surface area (Å²) in [4.78, 5) is 4.28. The Labute approximate surface area is 182 Å². The molecule has 1 aromatic heterocycles. The first kappa shape index (κ1) is 18.4. The molecule has 1 saturated carbocycles. The summed E-state index contributed by atoms with van der Waals surface area (Å²) >= 11 is 3.53. The Morgan fingerprint density at radius 3 is 2.50 bits per heavy atom. The Kier molecular flexibility index (Phi) is 3.71. The standard InChI is InChI=1S/C24H20BrNO4/c1-28-19-12-26-13-20-21(19)24(27)22(14-29-22)11-18(15-5-3-2-4-6-15)23(24,30-20)16-7-9-17(25)10-8-16/h2-10,12-13,18,27H,11,14H2,1H3. The molecule has 1 spiro atoms. The molecule has 2 aliphatic heterocycles. The number of halogens is 1. The lowest BCUT2D eigenvalue weighted by molar-refractivity contribution is -0.134. The van der Waals surface area contributed by atoms with Crippen LogP contribution in [0.3, 0.4) is 0 Å². The van der Waals surface area contributed by atoms with Crippen LogP contribution in [0.5, 0.6) is 11.5 Å². The van der Waals surface area contributed by atoms with Gasteiger partial charge in [0, 0.05) is 10.4 Å². The quantitative estimate of drug-likeness (QED) is 0.584. The van der Waals surface area contributed by atoms with Gasteiger partial charge in [0.15, 0.2) is 11.2 Å². The van der Waals surface area contributed by atoms with Crippen LogP contribution in [0.4, 0.5) is 0 Å². The van der Waals surface area contributed by atoms with Crippen molar-refractivity contribution >= 4 is 15.9 Å². The lowest BCUT2D eigenvalue weighted by Gasteiger charge is -2.41. The van der Waals surface area contributed by atoms with E-state index in [9.17, 15) is 5.11 Å². The maximum atomic E-state index is 12.6. The molecule has 6 rings (SSSR count). The lowest BCUT2D eigenvalue weighted by atomic mass is 9.70. The van der Waals surface area contributed by atoms with Crippen molar-refractivity contribution in [2.24, 2.45) is 0 Å². The van der Waals surface area contributed by atoms with Crippen LogP contribution in [0.1, 0.15) is 29.0 Å². The highest BCUT2D eigenvalue weighted by Crippen LogP contribution is 2.75. The van der Waals surface area contributed by atoms with E-state index >= 15 is 0 Å². The minimum absolute atomic E-state index is 0.121. The summed E-state index contributed by atoms with van der Waals surface area (Å²) in [6, 6.07) is 18.2. The van der Waals surface area contributed by atoms with Gasteiger partial charge in [0.1, 0.15) is 17.1 Å². The minimum Gasteiger partial charge on any atom is -0.495 e. The lowest BCUT2D eigenvalue weighted by Crippen LogP contribution is -2.53. The first-order valence-corrected chi connectivity index (χ1v) is 10.7. The number of nitrogens with zero attached hydrogens (tertiary/aromatic N) is 1. The van der Waals surface area contributed by atoms with Crippen molar-refractivity contribution < 1.29 is 19.3 Å². The molecule has 5 nitrogen and oxygen atoms in total. The molecule has 3 heterocycles. The van der Waals surface area contributed by atoms with E-state index in [1.54, 1.807) is 19.5 Å². The number of methoxy groups -OCH3 is 1. The minimum atomic E-state index is -1.42. The molecule has 30 heavy (non-hydrogen) atoms. The van der Waals surface area contributed by atoms with E-state index in [-0.39, 0.29) is 5.92 Å². The number of aromatic nitrogens is 1. The number of aliphatic hydroxyl groups is 1. The van der Waals surface area contributed by atoms with E-state index in [1.165, 1.54) is 0 Å². The summed E-state index contributed by atoms with van der Waals surface area (Å²) in [5.41, 5.74) is -0.597. The fourth-order valence-corrected chi connectivity index (χ4v) is 5.84. The zero-order chi connectivity index (χ0) is 20.6. The molecule has 1 saturated heterocycles. The van der Waals surface area contributed by atoms with Crippen LogP contribution < -0.4 is 9.47 Å². The second-order valence-corrected chi connectivity index (χ2v) is 9.14. The second kappa shape index (κ2) is 6.06. The van der Waals surface area contributed by atoms with Crippen LogP contribution in [0.15, 0.2) is 71.5 Å². The highest BCUT2D eigenvalue weighted by atomic mass is 79.9. The van der Waals surface area contributed by atoms with E-state index < -0.39 is 16.8 Å². The SMILES string of the molecule is COc1cncc2c1C1(O)C3(CO3)CC(c3ccccc3)C1(c1ccc(Br)cc1)O2. The molecule has 1 N–H and O–H groups in total. The van der Waals surface area contributed by atoms with Crippen molar-refractivity contribution in [2.45, 2.75) is 29.1 Å². The van der Waals surface area contributed by atoms with Crippen LogP contribution in [0.25, 0.3) is 0 Å². The molecule has 3 aliphatic rings. The largest absolute Gasteiger partial charge is 0.495 e. The summed E-state index contributed by atoms with van der Waals surface area (Å²) in [5, 5.41) is 12.6. The van der Waals surface area contributed by atoms with Crippen molar-refractivity contribution in [3.63, 3.8) is 0 Å². The van der Waals surface area contributed by atoms with Gasteiger partial charge in [0.05, 0.1) is 31.7 Å². The highest BCUT2D eigenvalue weighted by molar-refractivity contribution is 9.10. The first-order chi connectivity index (χ1) is 14.6. The fraction of sp³-hybridized carbons (Fsp3) is 0.292. The summed E-state index contributed by atoms with van der Waals surface area (Å²) in [6.45, 7) is 0.472. The fourth-order valence-electron chi connectivity index (χ4n) is 5.57. The molecule has 0 amide bonds. The highest BCUT2D eigenvalue weighted by Gasteiger charge is 2.84.